The first-order valence-electron chi connectivity index (χ1n) is 2.50. The molecule has 1 aromatic heterocycles. The van der Waals surface area contributed by atoms with Gasteiger partial charge < -0.3 is 0 Å². The summed E-state index contributed by atoms with van der Waals surface area (Å²) in [6, 6.07) is 0. The van der Waals surface area contributed by atoms with Crippen LogP contribution in [0.2, 0.25) is 5.28 Å². The Balaban J connectivity index is 3.20. The summed E-state index contributed by atoms with van der Waals surface area (Å²) in [7, 11) is -3.70. The minimum absolute atomic E-state index is 0.0163. The van der Waals surface area contributed by atoms with Crippen molar-refractivity contribution in [1.82, 2.24) is 9.97 Å². The lowest BCUT2D eigenvalue weighted by atomic mass is 10.7. The maximum atomic E-state index is 10.6. The van der Waals surface area contributed by atoms with Crippen molar-refractivity contribution in [2.45, 2.75) is 4.90 Å². The Morgan fingerprint density at radius 3 is 2.18 bits per heavy atom. The third-order valence-electron chi connectivity index (χ3n) is 0.925. The molecule has 0 amide bonds. The second kappa shape index (κ2) is 2.72. The average Bonchev–Trinajstić information content (AvgIpc) is 1.86. The van der Waals surface area contributed by atoms with Crippen LogP contribution in [0.5, 0.6) is 0 Å². The molecule has 0 bridgehead atoms. The number of aromatic nitrogens is 2. The second-order valence-corrected chi connectivity index (χ2v) is 3.63. The number of sulfonamides is 1. The van der Waals surface area contributed by atoms with Crippen molar-refractivity contribution in [3.05, 3.63) is 17.7 Å². The smallest absolute Gasteiger partial charge is 0.225 e. The van der Waals surface area contributed by atoms with Gasteiger partial charge in [-0.05, 0) is 11.6 Å². The van der Waals surface area contributed by atoms with E-state index in [9.17, 15) is 8.42 Å². The van der Waals surface area contributed by atoms with Crippen molar-refractivity contribution in [3.63, 3.8) is 0 Å². The van der Waals surface area contributed by atoms with E-state index >= 15 is 0 Å². The van der Waals surface area contributed by atoms with E-state index in [0.29, 0.717) is 0 Å². The molecule has 0 aliphatic carbocycles. The largest absolute Gasteiger partial charge is 0.241 e. The van der Waals surface area contributed by atoms with Gasteiger partial charge >= 0.3 is 0 Å². The van der Waals surface area contributed by atoms with Gasteiger partial charge in [-0.3, -0.25) is 0 Å². The molecule has 0 atom stereocenters. The first-order chi connectivity index (χ1) is 5.00. The predicted octanol–water partition coefficient (Wildman–Crippen LogP) is -0.223. The molecule has 0 aliphatic heterocycles. The van der Waals surface area contributed by atoms with Gasteiger partial charge in [0.15, 0.2) is 0 Å². The Hall–Kier alpha value is -0.720. The lowest BCUT2D eigenvalue weighted by Crippen LogP contribution is -2.12. The molecule has 7 heteroatoms. The average molecular weight is 194 g/mol. The molecule has 0 saturated carbocycles. The molecule has 11 heavy (non-hydrogen) atoms. The first-order valence-corrected chi connectivity index (χ1v) is 4.43. The molecule has 0 spiro atoms. The van der Waals surface area contributed by atoms with E-state index in [1.54, 1.807) is 0 Å². The maximum absolute atomic E-state index is 10.6. The van der Waals surface area contributed by atoms with E-state index in [0.717, 1.165) is 12.4 Å². The standard InChI is InChI=1S/C4H4ClN3O2S/c5-4-7-1-3(2-8-4)11(6,9)10/h1-2H,(H2,6,9,10). The monoisotopic (exact) mass is 193 g/mol. The second-order valence-electron chi connectivity index (χ2n) is 1.73. The van der Waals surface area contributed by atoms with E-state index in [4.69, 9.17) is 16.7 Å². The summed E-state index contributed by atoms with van der Waals surface area (Å²) < 4.78 is 21.2. The molecular formula is C4H4ClN3O2S. The van der Waals surface area contributed by atoms with Gasteiger partial charge in [0.05, 0.1) is 12.4 Å². The SMILES string of the molecule is NS(=O)(=O)c1cnc(Cl)nc1. The van der Waals surface area contributed by atoms with Crippen LogP contribution in [-0.4, -0.2) is 18.4 Å². The summed E-state index contributed by atoms with van der Waals surface area (Å²) in [4.78, 5) is 6.73. The summed E-state index contributed by atoms with van der Waals surface area (Å²) in [6.45, 7) is 0. The van der Waals surface area contributed by atoms with Gasteiger partial charge in [0, 0.05) is 0 Å². The van der Waals surface area contributed by atoms with Crippen molar-refractivity contribution in [2.24, 2.45) is 5.14 Å². The molecule has 1 aromatic rings. The molecule has 0 aliphatic rings. The van der Waals surface area contributed by atoms with Gasteiger partial charge in [-0.15, -0.1) is 0 Å². The quantitative estimate of drug-likeness (QED) is 0.625. The number of hydrogen-bond donors (Lipinski definition) is 1. The minimum atomic E-state index is -3.70. The van der Waals surface area contributed by atoms with Crippen LogP contribution in [0.25, 0.3) is 0 Å². The fourth-order valence-electron chi connectivity index (χ4n) is 0.447. The number of rotatable bonds is 1. The number of primary sulfonamides is 1. The number of hydrogen-bond acceptors (Lipinski definition) is 4. The fourth-order valence-corrected chi connectivity index (χ4v) is 0.944. The van der Waals surface area contributed by atoms with Crippen molar-refractivity contribution in [3.8, 4) is 0 Å². The van der Waals surface area contributed by atoms with Crippen molar-refractivity contribution in [2.75, 3.05) is 0 Å². The fraction of sp³-hybridized carbons (Fsp3) is 0. The number of nitrogens with two attached hydrogens (primary N) is 1. The summed E-state index contributed by atoms with van der Waals surface area (Å²) in [5, 5.41) is 4.74. The molecule has 0 fully saturated rings. The van der Waals surface area contributed by atoms with E-state index in [1.807, 2.05) is 0 Å². The highest BCUT2D eigenvalue weighted by Gasteiger charge is 2.07. The van der Waals surface area contributed by atoms with Gasteiger partial charge in [0.25, 0.3) is 0 Å². The summed E-state index contributed by atoms with van der Waals surface area (Å²) in [5.41, 5.74) is 0. The summed E-state index contributed by atoms with van der Waals surface area (Å²) in [6.07, 6.45) is 2.09. The highest BCUT2D eigenvalue weighted by Crippen LogP contribution is 2.04. The third kappa shape index (κ3) is 2.11. The zero-order valence-electron chi connectivity index (χ0n) is 5.23. The molecule has 0 radical (unpaired) electrons. The first kappa shape index (κ1) is 8.38. The number of nitrogens with zero attached hydrogens (tertiary/aromatic N) is 2. The van der Waals surface area contributed by atoms with E-state index in [1.165, 1.54) is 0 Å². The van der Waals surface area contributed by atoms with Crippen LogP contribution in [0.3, 0.4) is 0 Å². The molecule has 1 heterocycles. The Morgan fingerprint density at radius 1 is 1.36 bits per heavy atom. The van der Waals surface area contributed by atoms with E-state index < -0.39 is 10.0 Å². The van der Waals surface area contributed by atoms with Crippen LogP contribution in [0.15, 0.2) is 17.3 Å². The van der Waals surface area contributed by atoms with Crippen LogP contribution in [-0.2, 0) is 10.0 Å². The normalized spacial score (nSPS) is 11.5. The Morgan fingerprint density at radius 2 is 1.82 bits per heavy atom. The topological polar surface area (TPSA) is 85.9 Å². The van der Waals surface area contributed by atoms with Crippen molar-refractivity contribution >= 4 is 21.6 Å². The van der Waals surface area contributed by atoms with Crippen LogP contribution in [0.1, 0.15) is 0 Å². The molecule has 0 saturated heterocycles. The summed E-state index contributed by atoms with van der Waals surface area (Å²) >= 11 is 5.30. The van der Waals surface area contributed by atoms with Gasteiger partial charge in [-0.25, -0.2) is 23.5 Å². The molecule has 1 rings (SSSR count). The zero-order valence-corrected chi connectivity index (χ0v) is 6.80. The molecular weight excluding hydrogens is 190 g/mol. The van der Waals surface area contributed by atoms with Gasteiger partial charge in [0.2, 0.25) is 15.3 Å². The molecule has 5 nitrogen and oxygen atoms in total. The van der Waals surface area contributed by atoms with Crippen LogP contribution >= 0.6 is 11.6 Å². The lowest BCUT2D eigenvalue weighted by Gasteiger charge is -1.94. The predicted molar refractivity (Wildman–Crippen MR) is 38.4 cm³/mol. The third-order valence-corrected chi connectivity index (χ3v) is 1.99. The van der Waals surface area contributed by atoms with E-state index in [2.05, 4.69) is 9.97 Å². The van der Waals surface area contributed by atoms with Crippen molar-refractivity contribution < 1.29 is 8.42 Å². The highest BCUT2D eigenvalue weighted by atomic mass is 35.5. The molecule has 0 unspecified atom stereocenters. The van der Waals surface area contributed by atoms with Gasteiger partial charge in [-0.2, -0.15) is 0 Å². The molecule has 2 N–H and O–H groups in total. The Bertz CT molecular complexity index is 346. The highest BCUT2D eigenvalue weighted by molar-refractivity contribution is 7.89. The van der Waals surface area contributed by atoms with Crippen LogP contribution < -0.4 is 5.14 Å². The van der Waals surface area contributed by atoms with Gasteiger partial charge in [0.1, 0.15) is 4.90 Å². The summed E-state index contributed by atoms with van der Waals surface area (Å²) in [5.74, 6) is 0. The minimum Gasteiger partial charge on any atom is -0.225 e. The Kier molecular flexibility index (Phi) is 2.08. The lowest BCUT2D eigenvalue weighted by molar-refractivity contribution is 0.597. The Labute approximate surface area is 68.3 Å². The van der Waals surface area contributed by atoms with Crippen LogP contribution in [0, 0.1) is 0 Å². The zero-order chi connectivity index (χ0) is 8.48. The number of halogens is 1. The molecule has 60 valence electrons. The van der Waals surface area contributed by atoms with Crippen molar-refractivity contribution in [1.29, 1.82) is 0 Å². The molecule has 0 aromatic carbocycles. The van der Waals surface area contributed by atoms with Crippen LogP contribution in [0.4, 0.5) is 0 Å². The van der Waals surface area contributed by atoms with Gasteiger partial charge in [-0.1, -0.05) is 0 Å². The maximum Gasteiger partial charge on any atom is 0.241 e. The van der Waals surface area contributed by atoms with E-state index in [-0.39, 0.29) is 10.2 Å².